The summed E-state index contributed by atoms with van der Waals surface area (Å²) in [4.78, 5) is 0. The fourth-order valence-corrected chi connectivity index (χ4v) is 2.59. The molecular weight excluding hydrogens is 210 g/mol. The van der Waals surface area contributed by atoms with Crippen molar-refractivity contribution in [1.29, 1.82) is 0 Å². The van der Waals surface area contributed by atoms with Crippen LogP contribution >= 0.6 is 0 Å². The van der Waals surface area contributed by atoms with Crippen LogP contribution in [-0.4, -0.2) is 13.7 Å². The molecule has 1 aliphatic carbocycles. The van der Waals surface area contributed by atoms with Gasteiger partial charge in [0, 0.05) is 13.1 Å². The van der Waals surface area contributed by atoms with Crippen molar-refractivity contribution in [3.63, 3.8) is 0 Å². The fraction of sp³-hybridized carbons (Fsp3) is 0.600. The summed E-state index contributed by atoms with van der Waals surface area (Å²) in [5.74, 6) is 0.943. The third-order valence-corrected chi connectivity index (χ3v) is 4.13. The van der Waals surface area contributed by atoms with Gasteiger partial charge >= 0.3 is 0 Å². The first-order chi connectivity index (χ1) is 8.28. The number of benzene rings is 1. The van der Waals surface area contributed by atoms with Crippen molar-refractivity contribution in [2.45, 2.75) is 39.2 Å². The lowest BCUT2D eigenvalue weighted by atomic mass is 9.67. The Kier molecular flexibility index (Phi) is 4.06. The zero-order valence-electron chi connectivity index (χ0n) is 11.0. The number of ether oxygens (including phenoxy) is 1. The quantitative estimate of drug-likeness (QED) is 0.813. The molecule has 1 aromatic carbocycles. The average molecular weight is 233 g/mol. The third kappa shape index (κ3) is 3.01. The molecule has 0 atom stereocenters. The molecule has 1 aromatic rings. The van der Waals surface area contributed by atoms with E-state index in [0.29, 0.717) is 5.41 Å². The SMILES string of the molecule is CCC1(CNCc2cccc(OC)c2)CCC1. The molecule has 1 N–H and O–H groups in total. The molecule has 1 saturated carbocycles. The van der Waals surface area contributed by atoms with E-state index in [1.807, 2.05) is 6.07 Å². The predicted molar refractivity (Wildman–Crippen MR) is 71.3 cm³/mol. The number of hydrogen-bond donors (Lipinski definition) is 1. The maximum Gasteiger partial charge on any atom is 0.119 e. The van der Waals surface area contributed by atoms with Crippen LogP contribution in [0.2, 0.25) is 0 Å². The minimum atomic E-state index is 0.596. The summed E-state index contributed by atoms with van der Waals surface area (Å²) in [6.45, 7) is 4.41. The van der Waals surface area contributed by atoms with Crippen molar-refractivity contribution >= 4 is 0 Å². The van der Waals surface area contributed by atoms with E-state index in [-0.39, 0.29) is 0 Å². The monoisotopic (exact) mass is 233 g/mol. The zero-order valence-corrected chi connectivity index (χ0v) is 11.0. The van der Waals surface area contributed by atoms with Crippen LogP contribution in [0.5, 0.6) is 5.75 Å². The van der Waals surface area contributed by atoms with E-state index < -0.39 is 0 Å². The molecular formula is C15H23NO. The highest BCUT2D eigenvalue weighted by molar-refractivity contribution is 5.28. The molecule has 2 rings (SSSR count). The predicted octanol–water partition coefficient (Wildman–Crippen LogP) is 3.37. The zero-order chi connectivity index (χ0) is 12.1. The summed E-state index contributed by atoms with van der Waals surface area (Å²) < 4.78 is 5.23. The number of rotatable bonds is 6. The van der Waals surface area contributed by atoms with Crippen LogP contribution < -0.4 is 10.1 Å². The highest BCUT2D eigenvalue weighted by atomic mass is 16.5. The fourth-order valence-electron chi connectivity index (χ4n) is 2.59. The van der Waals surface area contributed by atoms with Crippen LogP contribution in [0.1, 0.15) is 38.2 Å². The second-order valence-corrected chi connectivity index (χ2v) is 5.16. The summed E-state index contributed by atoms with van der Waals surface area (Å²) in [6.07, 6.45) is 5.51. The van der Waals surface area contributed by atoms with E-state index in [1.165, 1.54) is 31.2 Å². The van der Waals surface area contributed by atoms with Crippen molar-refractivity contribution in [3.8, 4) is 5.75 Å². The number of hydrogen-bond acceptors (Lipinski definition) is 2. The average Bonchev–Trinajstić information content (AvgIpc) is 2.33. The van der Waals surface area contributed by atoms with Crippen molar-refractivity contribution in [1.82, 2.24) is 5.32 Å². The number of nitrogens with one attached hydrogen (secondary N) is 1. The Morgan fingerprint density at radius 3 is 2.76 bits per heavy atom. The molecule has 1 aliphatic rings. The molecule has 17 heavy (non-hydrogen) atoms. The largest absolute Gasteiger partial charge is 0.497 e. The highest BCUT2D eigenvalue weighted by Crippen LogP contribution is 2.43. The van der Waals surface area contributed by atoms with Crippen LogP contribution in [0, 0.1) is 5.41 Å². The van der Waals surface area contributed by atoms with Crippen LogP contribution in [0.3, 0.4) is 0 Å². The third-order valence-electron chi connectivity index (χ3n) is 4.13. The molecule has 0 amide bonds. The Bertz CT molecular complexity index is 352. The topological polar surface area (TPSA) is 21.3 Å². The Hall–Kier alpha value is -1.02. The molecule has 0 aromatic heterocycles. The Morgan fingerprint density at radius 1 is 1.35 bits per heavy atom. The molecule has 94 valence electrons. The molecule has 0 unspecified atom stereocenters. The van der Waals surface area contributed by atoms with Crippen LogP contribution in [0.15, 0.2) is 24.3 Å². The van der Waals surface area contributed by atoms with Gasteiger partial charge in [0.15, 0.2) is 0 Å². The Morgan fingerprint density at radius 2 is 2.18 bits per heavy atom. The van der Waals surface area contributed by atoms with Crippen LogP contribution in [0.25, 0.3) is 0 Å². The van der Waals surface area contributed by atoms with Crippen LogP contribution in [0.4, 0.5) is 0 Å². The van der Waals surface area contributed by atoms with E-state index in [2.05, 4.69) is 30.4 Å². The van der Waals surface area contributed by atoms with Crippen molar-refractivity contribution < 1.29 is 4.74 Å². The number of methoxy groups -OCH3 is 1. The van der Waals surface area contributed by atoms with Gasteiger partial charge in [-0.3, -0.25) is 0 Å². The summed E-state index contributed by atoms with van der Waals surface area (Å²) in [6, 6.07) is 8.29. The van der Waals surface area contributed by atoms with Gasteiger partial charge in [0.2, 0.25) is 0 Å². The smallest absolute Gasteiger partial charge is 0.119 e. The van der Waals surface area contributed by atoms with Gasteiger partial charge < -0.3 is 10.1 Å². The van der Waals surface area contributed by atoms with Crippen molar-refractivity contribution in [2.24, 2.45) is 5.41 Å². The van der Waals surface area contributed by atoms with Gasteiger partial charge in [-0.05, 0) is 42.4 Å². The van der Waals surface area contributed by atoms with E-state index in [9.17, 15) is 0 Å². The van der Waals surface area contributed by atoms with Gasteiger partial charge in [-0.1, -0.05) is 25.5 Å². The van der Waals surface area contributed by atoms with Gasteiger partial charge in [-0.15, -0.1) is 0 Å². The van der Waals surface area contributed by atoms with E-state index in [0.717, 1.165) is 18.8 Å². The summed E-state index contributed by atoms with van der Waals surface area (Å²) in [5, 5.41) is 3.59. The molecule has 2 nitrogen and oxygen atoms in total. The van der Waals surface area contributed by atoms with Gasteiger partial charge in [0.1, 0.15) is 5.75 Å². The van der Waals surface area contributed by atoms with E-state index >= 15 is 0 Å². The molecule has 0 radical (unpaired) electrons. The molecule has 0 heterocycles. The maximum absolute atomic E-state index is 5.23. The van der Waals surface area contributed by atoms with Crippen molar-refractivity contribution in [2.75, 3.05) is 13.7 Å². The lowest BCUT2D eigenvalue weighted by Crippen LogP contribution is -2.39. The summed E-state index contributed by atoms with van der Waals surface area (Å²) in [7, 11) is 1.72. The summed E-state index contributed by atoms with van der Waals surface area (Å²) >= 11 is 0. The highest BCUT2D eigenvalue weighted by Gasteiger charge is 2.34. The van der Waals surface area contributed by atoms with Gasteiger partial charge in [-0.2, -0.15) is 0 Å². The molecule has 1 fully saturated rings. The molecule has 0 spiro atoms. The normalized spacial score (nSPS) is 17.5. The minimum absolute atomic E-state index is 0.596. The molecule has 0 saturated heterocycles. The summed E-state index contributed by atoms with van der Waals surface area (Å²) in [5.41, 5.74) is 1.90. The van der Waals surface area contributed by atoms with Gasteiger partial charge in [0.05, 0.1) is 7.11 Å². The lowest BCUT2D eigenvalue weighted by molar-refractivity contribution is 0.124. The Labute approximate surface area is 104 Å². The first-order valence-electron chi connectivity index (χ1n) is 6.62. The molecule has 0 aliphatic heterocycles. The minimum Gasteiger partial charge on any atom is -0.497 e. The first-order valence-corrected chi connectivity index (χ1v) is 6.62. The Balaban J connectivity index is 1.81. The first kappa shape index (κ1) is 12.4. The van der Waals surface area contributed by atoms with Gasteiger partial charge in [-0.25, -0.2) is 0 Å². The van der Waals surface area contributed by atoms with Crippen LogP contribution in [-0.2, 0) is 6.54 Å². The second-order valence-electron chi connectivity index (χ2n) is 5.16. The molecule has 0 bridgehead atoms. The van der Waals surface area contributed by atoms with E-state index in [4.69, 9.17) is 4.74 Å². The second kappa shape index (κ2) is 5.54. The van der Waals surface area contributed by atoms with Gasteiger partial charge in [0.25, 0.3) is 0 Å². The van der Waals surface area contributed by atoms with E-state index in [1.54, 1.807) is 7.11 Å². The maximum atomic E-state index is 5.23. The van der Waals surface area contributed by atoms with Crippen molar-refractivity contribution in [3.05, 3.63) is 29.8 Å². The standard InChI is InChI=1S/C15H23NO/c1-3-15(8-5-9-15)12-16-11-13-6-4-7-14(10-13)17-2/h4,6-7,10,16H,3,5,8-9,11-12H2,1-2H3. The molecule has 2 heteroatoms. The lowest BCUT2D eigenvalue weighted by Gasteiger charge is -2.41.